The lowest BCUT2D eigenvalue weighted by Gasteiger charge is -2.33. The van der Waals surface area contributed by atoms with Crippen molar-refractivity contribution in [1.82, 2.24) is 0 Å². The van der Waals surface area contributed by atoms with Crippen LogP contribution in [0.25, 0.3) is 0 Å². The van der Waals surface area contributed by atoms with E-state index in [1.165, 1.54) is 16.7 Å². The topological polar surface area (TPSA) is 18.5 Å². The van der Waals surface area contributed by atoms with Gasteiger partial charge in [0.05, 0.1) is 20.7 Å². The Balaban J connectivity index is 1.43. The van der Waals surface area contributed by atoms with Crippen LogP contribution in [0.2, 0.25) is 0 Å². The van der Waals surface area contributed by atoms with Crippen molar-refractivity contribution in [3.05, 3.63) is 95.6 Å². The zero-order valence-corrected chi connectivity index (χ0v) is 23.5. The molecule has 0 amide bonds. The third kappa shape index (κ3) is 9.35. The van der Waals surface area contributed by atoms with Crippen molar-refractivity contribution in [2.45, 2.75) is 59.4 Å². The van der Waals surface area contributed by atoms with E-state index >= 15 is 0 Å². The molecule has 0 unspecified atom stereocenters. The van der Waals surface area contributed by atoms with E-state index in [4.69, 9.17) is 9.47 Å². The fourth-order valence-electron chi connectivity index (χ4n) is 5.04. The fraction of sp³-hybridized carbons (Fsp3) is 0.455. The number of hydrogen-bond acceptors (Lipinski definition) is 2. The molecule has 3 aromatic rings. The summed E-state index contributed by atoms with van der Waals surface area (Å²) >= 11 is 0. The quantitative estimate of drug-likeness (QED) is 0.243. The van der Waals surface area contributed by atoms with Crippen molar-refractivity contribution in [2.75, 3.05) is 33.9 Å². The molecule has 3 aromatic carbocycles. The lowest BCUT2D eigenvalue weighted by molar-refractivity contribution is -0.903. The molecule has 0 saturated carbocycles. The Kier molecular flexibility index (Phi) is 9.24. The molecule has 0 saturated heterocycles. The summed E-state index contributed by atoms with van der Waals surface area (Å²) in [5.41, 5.74) is 4.43. The van der Waals surface area contributed by atoms with E-state index in [9.17, 15) is 0 Å². The molecule has 0 spiro atoms. The average Bonchev–Trinajstić information content (AvgIpc) is 2.79. The van der Waals surface area contributed by atoms with Crippen molar-refractivity contribution < 1.29 is 14.0 Å². The SMILES string of the molecule is CC(C)(C)CC(C)(C)c1ccc(OCC[N+](C)(C)Cc2ccc(OCCc3ccccc3)cc2)cc1. The van der Waals surface area contributed by atoms with E-state index in [0.29, 0.717) is 18.6 Å². The monoisotopic (exact) mass is 488 g/mol. The lowest BCUT2D eigenvalue weighted by atomic mass is 9.72. The minimum Gasteiger partial charge on any atom is -0.493 e. The zero-order valence-electron chi connectivity index (χ0n) is 23.5. The van der Waals surface area contributed by atoms with Gasteiger partial charge in [-0.3, -0.25) is 0 Å². The van der Waals surface area contributed by atoms with Gasteiger partial charge in [-0.05, 0) is 64.8 Å². The molecule has 0 fully saturated rings. The van der Waals surface area contributed by atoms with E-state index in [0.717, 1.165) is 41.9 Å². The summed E-state index contributed by atoms with van der Waals surface area (Å²) < 4.78 is 12.9. The van der Waals surface area contributed by atoms with Crippen LogP contribution < -0.4 is 9.47 Å². The number of hydrogen-bond donors (Lipinski definition) is 0. The second kappa shape index (κ2) is 12.0. The van der Waals surface area contributed by atoms with Crippen LogP contribution >= 0.6 is 0 Å². The van der Waals surface area contributed by atoms with Crippen molar-refractivity contribution in [3.63, 3.8) is 0 Å². The van der Waals surface area contributed by atoms with Crippen LogP contribution in [-0.4, -0.2) is 38.3 Å². The molecule has 0 atom stereocenters. The number of ether oxygens (including phenoxy) is 2. The van der Waals surface area contributed by atoms with Crippen LogP contribution in [0.15, 0.2) is 78.9 Å². The van der Waals surface area contributed by atoms with E-state index < -0.39 is 0 Å². The summed E-state index contributed by atoms with van der Waals surface area (Å²) in [6.07, 6.45) is 2.07. The molecule has 3 heteroatoms. The first-order valence-electron chi connectivity index (χ1n) is 13.2. The van der Waals surface area contributed by atoms with Gasteiger partial charge in [0, 0.05) is 12.0 Å². The Bertz CT molecular complexity index is 1050. The lowest BCUT2D eigenvalue weighted by Crippen LogP contribution is -2.41. The summed E-state index contributed by atoms with van der Waals surface area (Å²) in [6, 6.07) is 27.7. The Morgan fingerprint density at radius 3 is 1.78 bits per heavy atom. The van der Waals surface area contributed by atoms with Crippen LogP contribution in [0.1, 0.15) is 57.7 Å². The predicted octanol–water partition coefficient (Wildman–Crippen LogP) is 7.68. The average molecular weight is 489 g/mol. The Morgan fingerprint density at radius 1 is 0.639 bits per heavy atom. The zero-order chi connectivity index (χ0) is 26.2. The highest BCUT2D eigenvalue weighted by Crippen LogP contribution is 2.36. The molecule has 0 heterocycles. The molecule has 0 bridgehead atoms. The van der Waals surface area contributed by atoms with Gasteiger partial charge in [-0.1, -0.05) is 77.1 Å². The highest BCUT2D eigenvalue weighted by molar-refractivity contribution is 5.32. The molecular formula is C33H46NO2+. The van der Waals surface area contributed by atoms with Crippen LogP contribution in [0.3, 0.4) is 0 Å². The van der Waals surface area contributed by atoms with Crippen molar-refractivity contribution in [1.29, 1.82) is 0 Å². The Hall–Kier alpha value is -2.78. The standard InChI is InChI=1S/C33H46NO2/c1-32(2,3)26-33(4,5)29-15-19-31(20-16-29)36-24-22-34(6,7)25-28-13-17-30(18-14-28)35-23-21-27-11-9-8-10-12-27/h8-20H,21-26H2,1-7H3/q+1. The molecule has 0 aliphatic heterocycles. The molecule has 194 valence electrons. The maximum atomic E-state index is 6.11. The second-order valence-corrected chi connectivity index (χ2v) is 12.5. The number of nitrogens with zero attached hydrogens (tertiary/aromatic N) is 1. The summed E-state index contributed by atoms with van der Waals surface area (Å²) in [5, 5.41) is 0. The highest BCUT2D eigenvalue weighted by atomic mass is 16.5. The van der Waals surface area contributed by atoms with E-state index in [1.54, 1.807) is 0 Å². The molecule has 0 aliphatic carbocycles. The van der Waals surface area contributed by atoms with Gasteiger partial charge in [0.1, 0.15) is 31.2 Å². The maximum absolute atomic E-state index is 6.11. The van der Waals surface area contributed by atoms with Crippen LogP contribution in [0, 0.1) is 5.41 Å². The fourth-order valence-corrected chi connectivity index (χ4v) is 5.04. The van der Waals surface area contributed by atoms with Gasteiger partial charge in [0.15, 0.2) is 0 Å². The van der Waals surface area contributed by atoms with Gasteiger partial charge in [0.2, 0.25) is 0 Å². The molecule has 0 aliphatic rings. The number of quaternary nitrogens is 1. The molecule has 36 heavy (non-hydrogen) atoms. The van der Waals surface area contributed by atoms with Gasteiger partial charge in [-0.25, -0.2) is 0 Å². The van der Waals surface area contributed by atoms with Gasteiger partial charge < -0.3 is 14.0 Å². The Morgan fingerprint density at radius 2 is 1.19 bits per heavy atom. The Labute approximate surface area is 219 Å². The molecular weight excluding hydrogens is 442 g/mol. The number of rotatable bonds is 12. The summed E-state index contributed by atoms with van der Waals surface area (Å²) in [4.78, 5) is 0. The van der Waals surface area contributed by atoms with Crippen molar-refractivity contribution in [2.24, 2.45) is 5.41 Å². The van der Waals surface area contributed by atoms with E-state index in [-0.39, 0.29) is 5.41 Å². The second-order valence-electron chi connectivity index (χ2n) is 12.5. The normalized spacial score (nSPS) is 12.4. The van der Waals surface area contributed by atoms with Gasteiger partial charge in [-0.2, -0.15) is 0 Å². The minimum absolute atomic E-state index is 0.151. The van der Waals surface area contributed by atoms with Gasteiger partial charge in [0.25, 0.3) is 0 Å². The molecule has 0 radical (unpaired) electrons. The third-order valence-electron chi connectivity index (χ3n) is 6.61. The summed E-state index contributed by atoms with van der Waals surface area (Å²) in [6.45, 7) is 14.9. The molecule has 3 rings (SSSR count). The van der Waals surface area contributed by atoms with Gasteiger partial charge in [-0.15, -0.1) is 0 Å². The van der Waals surface area contributed by atoms with Gasteiger partial charge >= 0.3 is 0 Å². The number of likely N-dealkylation sites (N-methyl/N-ethyl adjacent to an activating group) is 1. The number of benzene rings is 3. The van der Waals surface area contributed by atoms with Crippen molar-refractivity contribution >= 4 is 0 Å². The van der Waals surface area contributed by atoms with Crippen LogP contribution in [0.5, 0.6) is 11.5 Å². The first kappa shape index (κ1) is 27.8. The van der Waals surface area contributed by atoms with E-state index in [2.05, 4.69) is 122 Å². The molecule has 3 nitrogen and oxygen atoms in total. The predicted molar refractivity (Wildman–Crippen MR) is 152 cm³/mol. The van der Waals surface area contributed by atoms with E-state index in [1.807, 2.05) is 6.07 Å². The smallest absolute Gasteiger partial charge is 0.137 e. The molecule has 0 aromatic heterocycles. The maximum Gasteiger partial charge on any atom is 0.137 e. The highest BCUT2D eigenvalue weighted by Gasteiger charge is 2.27. The minimum atomic E-state index is 0.151. The van der Waals surface area contributed by atoms with Crippen LogP contribution in [-0.2, 0) is 18.4 Å². The van der Waals surface area contributed by atoms with Crippen LogP contribution in [0.4, 0.5) is 0 Å². The van der Waals surface area contributed by atoms with Crippen molar-refractivity contribution in [3.8, 4) is 11.5 Å². The molecule has 0 N–H and O–H groups in total. The third-order valence-corrected chi connectivity index (χ3v) is 6.61. The summed E-state index contributed by atoms with van der Waals surface area (Å²) in [7, 11) is 4.51. The first-order valence-corrected chi connectivity index (χ1v) is 13.2. The largest absolute Gasteiger partial charge is 0.493 e. The first-order chi connectivity index (χ1) is 16.9. The summed E-state index contributed by atoms with van der Waals surface area (Å²) in [5.74, 6) is 1.87.